The molecule has 0 radical (unpaired) electrons. The third-order valence-electron chi connectivity index (χ3n) is 7.02. The van der Waals surface area contributed by atoms with Crippen molar-refractivity contribution in [3.8, 4) is 11.1 Å². The van der Waals surface area contributed by atoms with Crippen molar-refractivity contribution in [2.24, 2.45) is 0 Å². The van der Waals surface area contributed by atoms with Crippen LogP contribution in [-0.2, 0) is 16.0 Å². The molecule has 5 rings (SSSR count). The molecule has 0 unspecified atom stereocenters. The van der Waals surface area contributed by atoms with Crippen molar-refractivity contribution < 1.29 is 19.4 Å². The molecular formula is C30H30N4O4. The summed E-state index contributed by atoms with van der Waals surface area (Å²) in [6.07, 6.45) is 2.41. The molecule has 2 N–H and O–H groups in total. The summed E-state index contributed by atoms with van der Waals surface area (Å²) in [4.78, 5) is 25.2. The van der Waals surface area contributed by atoms with Crippen LogP contribution in [0.25, 0.3) is 11.1 Å². The fourth-order valence-electron chi connectivity index (χ4n) is 5.22. The lowest BCUT2D eigenvalue weighted by Gasteiger charge is -2.22. The second-order valence-corrected chi connectivity index (χ2v) is 9.45. The number of carboxylic acids is 1. The molecule has 2 atom stereocenters. The first-order chi connectivity index (χ1) is 18.6. The minimum atomic E-state index is -0.994. The topological polar surface area (TPSA) is 106 Å². The van der Waals surface area contributed by atoms with Gasteiger partial charge < -0.3 is 19.7 Å². The van der Waals surface area contributed by atoms with Gasteiger partial charge in [0, 0.05) is 12.3 Å². The molecule has 0 spiro atoms. The number of hydrogen-bond donors (Lipinski definition) is 2. The monoisotopic (exact) mass is 510 g/mol. The number of benzene rings is 3. The largest absolute Gasteiger partial charge is 0.480 e. The van der Waals surface area contributed by atoms with Crippen LogP contribution < -0.4 is 5.32 Å². The normalized spacial score (nSPS) is 13.8. The maximum atomic E-state index is 13.0. The molecule has 1 amide bonds. The van der Waals surface area contributed by atoms with E-state index in [9.17, 15) is 14.7 Å². The molecule has 0 bridgehead atoms. The van der Waals surface area contributed by atoms with Gasteiger partial charge in [0.05, 0.1) is 6.04 Å². The molecule has 8 nitrogen and oxygen atoms in total. The van der Waals surface area contributed by atoms with E-state index in [2.05, 4.69) is 39.8 Å². The maximum absolute atomic E-state index is 13.0. The highest BCUT2D eigenvalue weighted by atomic mass is 16.5. The number of fused-ring (bicyclic) bond motifs is 3. The Balaban J connectivity index is 1.31. The minimum Gasteiger partial charge on any atom is -0.480 e. The highest BCUT2D eigenvalue weighted by Crippen LogP contribution is 2.44. The minimum absolute atomic E-state index is 0.0521. The van der Waals surface area contributed by atoms with Crippen LogP contribution in [0.2, 0.25) is 0 Å². The zero-order valence-corrected chi connectivity index (χ0v) is 21.2. The van der Waals surface area contributed by atoms with Gasteiger partial charge in [0.15, 0.2) is 5.82 Å². The molecule has 0 fully saturated rings. The van der Waals surface area contributed by atoms with Crippen molar-refractivity contribution in [3.05, 3.63) is 108 Å². The summed E-state index contributed by atoms with van der Waals surface area (Å²) in [5.41, 5.74) is 5.48. The Labute approximate surface area is 221 Å². The van der Waals surface area contributed by atoms with Gasteiger partial charge in [-0.2, -0.15) is 0 Å². The second kappa shape index (κ2) is 11.3. The Bertz CT molecular complexity index is 1370. The van der Waals surface area contributed by atoms with E-state index in [0.29, 0.717) is 12.2 Å². The number of alkyl carbamates (subject to hydrolysis) is 1. The summed E-state index contributed by atoms with van der Waals surface area (Å²) in [6.45, 7) is 2.18. The van der Waals surface area contributed by atoms with Gasteiger partial charge in [-0.15, -0.1) is 10.2 Å². The SMILES string of the molecule is CCC[C@H](NC(=O)OCC1c2ccccc2-c2ccccc21)c1nncn1[C@@H](Cc1ccccc1)C(=O)O. The zero-order valence-electron chi connectivity index (χ0n) is 21.2. The summed E-state index contributed by atoms with van der Waals surface area (Å²) in [5, 5.41) is 21.1. The van der Waals surface area contributed by atoms with Crippen LogP contribution in [-0.4, -0.2) is 38.5 Å². The summed E-state index contributed by atoms with van der Waals surface area (Å²) in [7, 11) is 0. The van der Waals surface area contributed by atoms with Crippen LogP contribution in [0, 0.1) is 0 Å². The van der Waals surface area contributed by atoms with Crippen molar-refractivity contribution in [1.82, 2.24) is 20.1 Å². The average molecular weight is 511 g/mol. The van der Waals surface area contributed by atoms with E-state index >= 15 is 0 Å². The molecule has 3 aromatic carbocycles. The molecule has 1 aliphatic rings. The third-order valence-corrected chi connectivity index (χ3v) is 7.02. The van der Waals surface area contributed by atoms with Gasteiger partial charge in [0.2, 0.25) is 0 Å². The van der Waals surface area contributed by atoms with Gasteiger partial charge >= 0.3 is 12.1 Å². The standard InChI is InChI=1S/C30H30N4O4/c1-2-10-26(28-33-31-19-34(28)27(29(35)36)17-20-11-4-3-5-12-20)32-30(37)38-18-25-23-15-8-6-13-21(23)22-14-7-9-16-24(22)25/h3-9,11-16,19,25-27H,2,10,17-18H2,1H3,(H,32,37)(H,35,36)/t26-,27-/m0/s1. The average Bonchev–Trinajstić information content (AvgIpc) is 3.54. The first-order valence-corrected chi connectivity index (χ1v) is 12.8. The molecule has 1 aromatic heterocycles. The highest BCUT2D eigenvalue weighted by molar-refractivity contribution is 5.79. The van der Waals surface area contributed by atoms with E-state index in [1.54, 1.807) is 4.57 Å². The van der Waals surface area contributed by atoms with E-state index in [1.807, 2.05) is 61.5 Å². The fourth-order valence-corrected chi connectivity index (χ4v) is 5.22. The van der Waals surface area contributed by atoms with Crippen LogP contribution in [0.5, 0.6) is 0 Å². The van der Waals surface area contributed by atoms with Gasteiger partial charge in [-0.1, -0.05) is 92.2 Å². The smallest absolute Gasteiger partial charge is 0.407 e. The zero-order chi connectivity index (χ0) is 26.5. The Morgan fingerprint density at radius 3 is 2.24 bits per heavy atom. The van der Waals surface area contributed by atoms with Crippen LogP contribution in [0.3, 0.4) is 0 Å². The molecule has 1 aliphatic carbocycles. The van der Waals surface area contributed by atoms with Gasteiger partial charge in [-0.25, -0.2) is 9.59 Å². The molecule has 1 heterocycles. The predicted molar refractivity (Wildman–Crippen MR) is 143 cm³/mol. The first-order valence-electron chi connectivity index (χ1n) is 12.8. The van der Waals surface area contributed by atoms with Crippen molar-refractivity contribution in [3.63, 3.8) is 0 Å². The summed E-state index contributed by atoms with van der Waals surface area (Å²) in [5.74, 6) is -0.654. The molecule has 38 heavy (non-hydrogen) atoms. The molecule has 0 saturated heterocycles. The number of rotatable bonds is 10. The van der Waals surface area contributed by atoms with Gasteiger partial charge in [-0.3, -0.25) is 0 Å². The van der Waals surface area contributed by atoms with Crippen LogP contribution in [0.4, 0.5) is 4.79 Å². The molecule has 8 heteroatoms. The van der Waals surface area contributed by atoms with E-state index in [-0.39, 0.29) is 18.9 Å². The maximum Gasteiger partial charge on any atom is 0.407 e. The van der Waals surface area contributed by atoms with Gasteiger partial charge in [-0.05, 0) is 34.2 Å². The number of carboxylic acid groups (broad SMARTS) is 1. The summed E-state index contributed by atoms with van der Waals surface area (Å²) in [6, 6.07) is 24.3. The molecule has 4 aromatic rings. The van der Waals surface area contributed by atoms with Crippen LogP contribution in [0.1, 0.15) is 60.3 Å². The van der Waals surface area contributed by atoms with Crippen molar-refractivity contribution in [2.75, 3.05) is 6.61 Å². The number of aliphatic carboxylic acids is 1. The molecule has 0 saturated carbocycles. The van der Waals surface area contributed by atoms with Gasteiger partial charge in [0.1, 0.15) is 19.0 Å². The molecular weight excluding hydrogens is 480 g/mol. The Morgan fingerprint density at radius 2 is 1.61 bits per heavy atom. The van der Waals surface area contributed by atoms with Crippen LogP contribution >= 0.6 is 0 Å². The van der Waals surface area contributed by atoms with Crippen molar-refractivity contribution >= 4 is 12.1 Å². The fraction of sp³-hybridized carbons (Fsp3) is 0.267. The number of carbonyl (C=O) groups excluding carboxylic acids is 1. The Hall–Kier alpha value is -4.46. The number of nitrogens with one attached hydrogen (secondary N) is 1. The Morgan fingerprint density at radius 1 is 0.974 bits per heavy atom. The van der Waals surface area contributed by atoms with E-state index in [0.717, 1.165) is 34.2 Å². The molecule has 194 valence electrons. The number of amides is 1. The second-order valence-electron chi connectivity index (χ2n) is 9.45. The lowest BCUT2D eigenvalue weighted by atomic mass is 9.98. The summed E-state index contributed by atoms with van der Waals surface area (Å²) >= 11 is 0. The first kappa shape index (κ1) is 25.2. The van der Waals surface area contributed by atoms with Crippen molar-refractivity contribution in [1.29, 1.82) is 0 Å². The molecule has 0 aliphatic heterocycles. The number of carbonyl (C=O) groups is 2. The summed E-state index contributed by atoms with van der Waals surface area (Å²) < 4.78 is 7.28. The van der Waals surface area contributed by atoms with Crippen LogP contribution in [0.15, 0.2) is 85.2 Å². The third kappa shape index (κ3) is 5.16. The number of ether oxygens (including phenoxy) is 1. The Kier molecular flexibility index (Phi) is 7.49. The number of nitrogens with zero attached hydrogens (tertiary/aromatic N) is 3. The quantitative estimate of drug-likeness (QED) is 0.291. The number of aromatic nitrogens is 3. The van der Waals surface area contributed by atoms with Gasteiger partial charge in [0.25, 0.3) is 0 Å². The lowest BCUT2D eigenvalue weighted by molar-refractivity contribution is -0.141. The number of hydrogen-bond acceptors (Lipinski definition) is 5. The predicted octanol–water partition coefficient (Wildman–Crippen LogP) is 5.53. The van der Waals surface area contributed by atoms with E-state index in [4.69, 9.17) is 4.74 Å². The van der Waals surface area contributed by atoms with Crippen molar-refractivity contribution in [2.45, 2.75) is 44.2 Å². The van der Waals surface area contributed by atoms with E-state index < -0.39 is 24.1 Å². The highest BCUT2D eigenvalue weighted by Gasteiger charge is 2.31. The van der Waals surface area contributed by atoms with E-state index in [1.165, 1.54) is 6.33 Å². The lowest BCUT2D eigenvalue weighted by Crippen LogP contribution is -2.33.